The molecule has 0 bridgehead atoms. The van der Waals surface area contributed by atoms with Crippen molar-refractivity contribution in [1.82, 2.24) is 10.3 Å². The third kappa shape index (κ3) is 4.60. The van der Waals surface area contributed by atoms with Crippen LogP contribution in [0.15, 0.2) is 54.7 Å². The monoisotopic (exact) mass is 337 g/mol. The number of hydrogen-bond acceptors (Lipinski definition) is 3. The van der Waals surface area contributed by atoms with E-state index >= 15 is 0 Å². The average molecular weight is 338 g/mol. The Morgan fingerprint density at radius 1 is 1.16 bits per heavy atom. The smallest absolute Gasteiger partial charge is 0.128 e. The standard InChI is InChI=1S/C22H31N3/c1-3-22(2)14-9-12-20(22)23-16-17-25(21-13-7-8-15-24-21)18-19-10-5-4-6-11-19/h4-8,10-11,13,15,20,23H,3,9,12,14,16-18H2,1-2H3. The van der Waals surface area contributed by atoms with Crippen molar-refractivity contribution in [2.45, 2.75) is 52.1 Å². The molecule has 0 spiro atoms. The predicted molar refractivity (Wildman–Crippen MR) is 106 cm³/mol. The van der Waals surface area contributed by atoms with Gasteiger partial charge >= 0.3 is 0 Å². The molecule has 0 aliphatic heterocycles. The minimum atomic E-state index is 0.468. The second kappa shape index (κ2) is 8.48. The van der Waals surface area contributed by atoms with Crippen molar-refractivity contribution in [3.8, 4) is 0 Å². The summed E-state index contributed by atoms with van der Waals surface area (Å²) < 4.78 is 0. The van der Waals surface area contributed by atoms with Gasteiger partial charge in [0.05, 0.1) is 0 Å². The van der Waals surface area contributed by atoms with Crippen molar-refractivity contribution in [2.24, 2.45) is 5.41 Å². The first-order valence-corrected chi connectivity index (χ1v) is 9.64. The first kappa shape index (κ1) is 17.9. The third-order valence-electron chi connectivity index (χ3n) is 5.85. The fourth-order valence-corrected chi connectivity index (χ4v) is 4.00. The molecule has 1 N–H and O–H groups in total. The quantitative estimate of drug-likeness (QED) is 0.760. The molecule has 25 heavy (non-hydrogen) atoms. The van der Waals surface area contributed by atoms with Crippen LogP contribution in [0.1, 0.15) is 45.1 Å². The number of aromatic nitrogens is 1. The van der Waals surface area contributed by atoms with Crippen molar-refractivity contribution < 1.29 is 0 Å². The molecule has 2 atom stereocenters. The Balaban J connectivity index is 1.62. The van der Waals surface area contributed by atoms with E-state index in [1.165, 1.54) is 31.2 Å². The van der Waals surface area contributed by atoms with Crippen LogP contribution in [0, 0.1) is 5.41 Å². The fourth-order valence-electron chi connectivity index (χ4n) is 4.00. The van der Waals surface area contributed by atoms with E-state index < -0.39 is 0 Å². The molecule has 0 saturated heterocycles. The molecule has 3 nitrogen and oxygen atoms in total. The first-order chi connectivity index (χ1) is 12.2. The van der Waals surface area contributed by atoms with Gasteiger partial charge < -0.3 is 10.2 Å². The molecule has 3 heteroatoms. The summed E-state index contributed by atoms with van der Waals surface area (Å²) >= 11 is 0. The van der Waals surface area contributed by atoms with Crippen molar-refractivity contribution in [3.63, 3.8) is 0 Å². The molecule has 1 aliphatic carbocycles. The maximum atomic E-state index is 4.57. The molecule has 0 radical (unpaired) electrons. The zero-order chi connectivity index (χ0) is 17.5. The predicted octanol–water partition coefficient (Wildman–Crippen LogP) is 4.65. The van der Waals surface area contributed by atoms with Gasteiger partial charge in [-0.15, -0.1) is 0 Å². The van der Waals surface area contributed by atoms with Crippen LogP contribution in [0.5, 0.6) is 0 Å². The topological polar surface area (TPSA) is 28.2 Å². The molecule has 0 amide bonds. The van der Waals surface area contributed by atoms with E-state index in [1.807, 2.05) is 12.3 Å². The van der Waals surface area contributed by atoms with Crippen LogP contribution in [0.4, 0.5) is 5.82 Å². The van der Waals surface area contributed by atoms with Gasteiger partial charge in [0.2, 0.25) is 0 Å². The average Bonchev–Trinajstić information content (AvgIpc) is 3.04. The van der Waals surface area contributed by atoms with Crippen LogP contribution >= 0.6 is 0 Å². The Morgan fingerprint density at radius 3 is 2.68 bits per heavy atom. The van der Waals surface area contributed by atoms with Crippen LogP contribution in [-0.4, -0.2) is 24.1 Å². The highest BCUT2D eigenvalue weighted by Gasteiger charge is 2.36. The van der Waals surface area contributed by atoms with Gasteiger partial charge in [0, 0.05) is 31.9 Å². The first-order valence-electron chi connectivity index (χ1n) is 9.64. The lowest BCUT2D eigenvalue weighted by atomic mass is 9.82. The van der Waals surface area contributed by atoms with Gasteiger partial charge in [-0.2, -0.15) is 0 Å². The Labute approximate surface area is 152 Å². The summed E-state index contributed by atoms with van der Waals surface area (Å²) in [4.78, 5) is 6.94. The Morgan fingerprint density at radius 2 is 1.96 bits per heavy atom. The molecule has 3 rings (SSSR count). The van der Waals surface area contributed by atoms with E-state index in [2.05, 4.69) is 71.5 Å². The SMILES string of the molecule is CCC1(C)CCCC1NCCN(Cc1ccccc1)c1ccccn1. The molecular formula is C22H31N3. The van der Waals surface area contributed by atoms with Crippen molar-refractivity contribution >= 4 is 5.82 Å². The Kier molecular flexibility index (Phi) is 6.09. The largest absolute Gasteiger partial charge is 0.351 e. The molecule has 1 aromatic heterocycles. The lowest BCUT2D eigenvalue weighted by molar-refractivity contribution is 0.245. The molecule has 1 aliphatic rings. The summed E-state index contributed by atoms with van der Waals surface area (Å²) in [5.41, 5.74) is 1.79. The zero-order valence-electron chi connectivity index (χ0n) is 15.6. The Hall–Kier alpha value is -1.87. The highest BCUT2D eigenvalue weighted by atomic mass is 15.2. The lowest BCUT2D eigenvalue weighted by Gasteiger charge is -2.32. The summed E-state index contributed by atoms with van der Waals surface area (Å²) in [6.45, 7) is 7.65. The highest BCUT2D eigenvalue weighted by molar-refractivity contribution is 5.39. The van der Waals surface area contributed by atoms with Crippen molar-refractivity contribution in [2.75, 3.05) is 18.0 Å². The molecule has 2 aromatic rings. The second-order valence-corrected chi connectivity index (χ2v) is 7.50. The maximum absolute atomic E-state index is 4.57. The molecule has 1 fully saturated rings. The van der Waals surface area contributed by atoms with Gasteiger partial charge in [0.1, 0.15) is 5.82 Å². The van der Waals surface area contributed by atoms with Gasteiger partial charge in [0.25, 0.3) is 0 Å². The van der Waals surface area contributed by atoms with Gasteiger partial charge in [-0.3, -0.25) is 0 Å². The van der Waals surface area contributed by atoms with E-state index in [-0.39, 0.29) is 0 Å². The van der Waals surface area contributed by atoms with E-state index in [9.17, 15) is 0 Å². The lowest BCUT2D eigenvalue weighted by Crippen LogP contribution is -2.43. The van der Waals surface area contributed by atoms with Gasteiger partial charge in [-0.1, -0.05) is 56.7 Å². The van der Waals surface area contributed by atoms with Gasteiger partial charge in [-0.25, -0.2) is 4.98 Å². The minimum absolute atomic E-state index is 0.468. The Bertz CT molecular complexity index is 628. The van der Waals surface area contributed by atoms with Crippen LogP contribution in [0.2, 0.25) is 0 Å². The summed E-state index contributed by atoms with van der Waals surface area (Å²) in [5.74, 6) is 1.05. The molecule has 1 saturated carbocycles. The number of anilines is 1. The van der Waals surface area contributed by atoms with Gasteiger partial charge in [-0.05, 0) is 42.4 Å². The van der Waals surface area contributed by atoms with E-state index in [4.69, 9.17) is 0 Å². The minimum Gasteiger partial charge on any atom is -0.351 e. The highest BCUT2D eigenvalue weighted by Crippen LogP contribution is 2.40. The van der Waals surface area contributed by atoms with Crippen LogP contribution in [-0.2, 0) is 6.54 Å². The normalized spacial score (nSPS) is 22.9. The number of hydrogen-bond donors (Lipinski definition) is 1. The number of pyridine rings is 1. The van der Waals surface area contributed by atoms with Gasteiger partial charge in [0.15, 0.2) is 0 Å². The number of benzene rings is 1. The molecule has 2 unspecified atom stereocenters. The van der Waals surface area contributed by atoms with E-state index in [0.29, 0.717) is 11.5 Å². The molecule has 1 aromatic carbocycles. The van der Waals surface area contributed by atoms with Crippen molar-refractivity contribution in [3.05, 3.63) is 60.3 Å². The van der Waals surface area contributed by atoms with Crippen LogP contribution in [0.3, 0.4) is 0 Å². The molecule has 1 heterocycles. The number of rotatable bonds is 8. The van der Waals surface area contributed by atoms with E-state index in [1.54, 1.807) is 0 Å². The number of nitrogens with zero attached hydrogens (tertiary/aromatic N) is 2. The summed E-state index contributed by atoms with van der Waals surface area (Å²) in [6.07, 6.45) is 7.17. The van der Waals surface area contributed by atoms with Crippen molar-refractivity contribution in [1.29, 1.82) is 0 Å². The third-order valence-corrected chi connectivity index (χ3v) is 5.85. The van der Waals surface area contributed by atoms with Crippen LogP contribution < -0.4 is 10.2 Å². The number of nitrogens with one attached hydrogen (secondary N) is 1. The maximum Gasteiger partial charge on any atom is 0.128 e. The molecular weight excluding hydrogens is 306 g/mol. The van der Waals surface area contributed by atoms with E-state index in [0.717, 1.165) is 25.5 Å². The summed E-state index contributed by atoms with van der Waals surface area (Å²) in [5, 5.41) is 3.84. The molecule has 134 valence electrons. The zero-order valence-corrected chi connectivity index (χ0v) is 15.6. The second-order valence-electron chi connectivity index (χ2n) is 7.50. The summed E-state index contributed by atoms with van der Waals surface area (Å²) in [6, 6.07) is 17.5. The summed E-state index contributed by atoms with van der Waals surface area (Å²) in [7, 11) is 0. The van der Waals surface area contributed by atoms with Crippen LogP contribution in [0.25, 0.3) is 0 Å². The fraction of sp³-hybridized carbons (Fsp3) is 0.500.